The summed E-state index contributed by atoms with van der Waals surface area (Å²) in [5, 5.41) is 0.748. The van der Waals surface area contributed by atoms with Gasteiger partial charge in [-0.2, -0.15) is 0 Å². The molecular formula is C23H23N5O3S2. The van der Waals surface area contributed by atoms with Crippen LogP contribution in [0.15, 0.2) is 53.6 Å². The molecule has 170 valence electrons. The molecule has 4 aromatic rings. The Hall–Kier alpha value is -3.37. The highest BCUT2D eigenvalue weighted by atomic mass is 32.2. The van der Waals surface area contributed by atoms with E-state index in [1.807, 2.05) is 12.1 Å². The van der Waals surface area contributed by atoms with Gasteiger partial charge in [-0.05, 0) is 61.7 Å². The van der Waals surface area contributed by atoms with Gasteiger partial charge in [-0.3, -0.25) is 4.79 Å². The number of aromatic nitrogens is 3. The molecule has 0 spiro atoms. The first-order valence-corrected chi connectivity index (χ1v) is 12.6. The number of carbonyl (C=O) groups is 1. The fourth-order valence-corrected chi connectivity index (χ4v) is 5.36. The molecule has 0 bridgehead atoms. The number of pyridine rings is 1. The number of hydrogen-bond donors (Lipinski definition) is 2. The molecule has 0 saturated carbocycles. The quantitative estimate of drug-likeness (QED) is 0.378. The van der Waals surface area contributed by atoms with Crippen molar-refractivity contribution in [2.24, 2.45) is 5.92 Å². The minimum absolute atomic E-state index is 0.00605. The average molecular weight is 482 g/mol. The molecule has 1 aromatic carbocycles. The molecule has 0 radical (unpaired) electrons. The van der Waals surface area contributed by atoms with Gasteiger partial charge in [0.2, 0.25) is 11.7 Å². The molecule has 0 atom stereocenters. The summed E-state index contributed by atoms with van der Waals surface area (Å²) in [6, 6.07) is 11.2. The number of nitrogens with zero attached hydrogens (tertiary/aromatic N) is 3. The maximum absolute atomic E-state index is 13.1. The number of rotatable bonds is 7. The SMILES string of the molecule is Cc1ccnc(NS(=O)(=O)c2ccc(C(=O)c3sc4nc(CC(C)C)ccc4c3N)cc2)n1. The highest BCUT2D eigenvalue weighted by Gasteiger charge is 2.21. The van der Waals surface area contributed by atoms with Crippen LogP contribution in [0.5, 0.6) is 0 Å². The fraction of sp³-hybridized carbons (Fsp3) is 0.217. The summed E-state index contributed by atoms with van der Waals surface area (Å²) in [4.78, 5) is 26.8. The Labute approximate surface area is 196 Å². The smallest absolute Gasteiger partial charge is 0.264 e. The number of sulfonamides is 1. The number of benzene rings is 1. The van der Waals surface area contributed by atoms with Gasteiger partial charge in [0.1, 0.15) is 9.71 Å². The molecule has 0 amide bonds. The van der Waals surface area contributed by atoms with Gasteiger partial charge in [-0.15, -0.1) is 11.3 Å². The average Bonchev–Trinajstić information content (AvgIpc) is 3.08. The molecule has 0 aliphatic carbocycles. The second-order valence-corrected chi connectivity index (χ2v) is 10.8. The topological polar surface area (TPSA) is 128 Å². The summed E-state index contributed by atoms with van der Waals surface area (Å²) in [7, 11) is -3.90. The Bertz CT molecular complexity index is 1440. The third-order valence-corrected chi connectivity index (χ3v) is 7.38. The maximum atomic E-state index is 13.1. The second kappa shape index (κ2) is 8.87. The summed E-state index contributed by atoms with van der Waals surface area (Å²) in [6.07, 6.45) is 2.31. The lowest BCUT2D eigenvalue weighted by atomic mass is 10.1. The number of nitrogen functional groups attached to an aromatic ring is 1. The zero-order valence-electron chi connectivity index (χ0n) is 18.4. The number of anilines is 2. The molecule has 10 heteroatoms. The number of fused-ring (bicyclic) bond motifs is 1. The van der Waals surface area contributed by atoms with Gasteiger partial charge in [0, 0.05) is 28.5 Å². The van der Waals surface area contributed by atoms with Gasteiger partial charge in [0.25, 0.3) is 10.0 Å². The maximum Gasteiger partial charge on any atom is 0.264 e. The fourth-order valence-electron chi connectivity index (χ4n) is 3.33. The van der Waals surface area contributed by atoms with Gasteiger partial charge in [0.05, 0.1) is 10.6 Å². The van der Waals surface area contributed by atoms with E-state index in [0.717, 1.165) is 22.3 Å². The van der Waals surface area contributed by atoms with Crippen LogP contribution in [-0.2, 0) is 16.4 Å². The van der Waals surface area contributed by atoms with Crippen LogP contribution in [0, 0.1) is 12.8 Å². The number of carbonyl (C=O) groups excluding carboxylic acids is 1. The first-order chi connectivity index (χ1) is 15.6. The minimum atomic E-state index is -3.90. The molecule has 0 aliphatic rings. The van der Waals surface area contributed by atoms with E-state index in [0.29, 0.717) is 27.7 Å². The Balaban J connectivity index is 1.59. The van der Waals surface area contributed by atoms with Crippen molar-refractivity contribution in [1.29, 1.82) is 0 Å². The summed E-state index contributed by atoms with van der Waals surface area (Å²) in [6.45, 7) is 5.98. The Morgan fingerprint density at radius 2 is 1.82 bits per heavy atom. The third-order valence-electron chi connectivity index (χ3n) is 4.92. The number of nitrogens with two attached hydrogens (primary N) is 1. The van der Waals surface area contributed by atoms with E-state index >= 15 is 0 Å². The molecule has 3 aromatic heterocycles. The highest BCUT2D eigenvalue weighted by molar-refractivity contribution is 7.92. The van der Waals surface area contributed by atoms with Crippen molar-refractivity contribution in [3.63, 3.8) is 0 Å². The van der Waals surface area contributed by atoms with Crippen molar-refractivity contribution in [2.75, 3.05) is 10.5 Å². The zero-order valence-corrected chi connectivity index (χ0v) is 20.0. The Morgan fingerprint density at radius 1 is 1.09 bits per heavy atom. The molecule has 0 saturated heterocycles. The highest BCUT2D eigenvalue weighted by Crippen LogP contribution is 2.34. The second-order valence-electron chi connectivity index (χ2n) is 8.08. The summed E-state index contributed by atoms with van der Waals surface area (Å²) in [5.74, 6) is 0.174. The Morgan fingerprint density at radius 3 is 2.48 bits per heavy atom. The van der Waals surface area contributed by atoms with Crippen LogP contribution >= 0.6 is 11.3 Å². The summed E-state index contributed by atoms with van der Waals surface area (Å²) < 4.78 is 27.6. The predicted molar refractivity (Wildman–Crippen MR) is 130 cm³/mol. The Kier molecular flexibility index (Phi) is 6.13. The third kappa shape index (κ3) is 4.86. The molecule has 33 heavy (non-hydrogen) atoms. The lowest BCUT2D eigenvalue weighted by Crippen LogP contribution is -2.15. The van der Waals surface area contributed by atoms with Crippen LogP contribution in [0.3, 0.4) is 0 Å². The first-order valence-electron chi connectivity index (χ1n) is 10.3. The van der Waals surface area contributed by atoms with Crippen LogP contribution in [0.2, 0.25) is 0 Å². The van der Waals surface area contributed by atoms with E-state index in [2.05, 4.69) is 33.5 Å². The number of ketones is 1. The molecule has 0 aliphatic heterocycles. The normalized spacial score (nSPS) is 11.8. The van der Waals surface area contributed by atoms with Crippen molar-refractivity contribution in [3.8, 4) is 0 Å². The molecule has 0 fully saturated rings. The van der Waals surface area contributed by atoms with Crippen LogP contribution in [0.4, 0.5) is 11.6 Å². The summed E-state index contributed by atoms with van der Waals surface area (Å²) in [5.41, 5.74) is 8.57. The van der Waals surface area contributed by atoms with E-state index < -0.39 is 10.0 Å². The zero-order chi connectivity index (χ0) is 23.8. The number of nitrogens with one attached hydrogen (secondary N) is 1. The molecule has 3 N–H and O–H groups in total. The number of thiophene rings is 1. The van der Waals surface area contributed by atoms with Crippen molar-refractivity contribution in [2.45, 2.75) is 32.1 Å². The molecule has 4 rings (SSSR count). The summed E-state index contributed by atoms with van der Waals surface area (Å²) >= 11 is 1.25. The van der Waals surface area contributed by atoms with Crippen LogP contribution in [0.1, 0.15) is 40.5 Å². The largest absolute Gasteiger partial charge is 0.397 e. The van der Waals surface area contributed by atoms with E-state index in [9.17, 15) is 13.2 Å². The lowest BCUT2D eigenvalue weighted by Gasteiger charge is -2.07. The molecule has 3 heterocycles. The van der Waals surface area contributed by atoms with E-state index in [1.165, 1.54) is 41.8 Å². The van der Waals surface area contributed by atoms with Gasteiger partial charge < -0.3 is 5.73 Å². The standard InChI is InChI=1S/C23H23N5O3S2/c1-13(2)12-16-6-9-18-19(24)21(32-22(18)27-16)20(29)15-4-7-17(8-5-15)33(30,31)28-23-25-11-10-14(3)26-23/h4-11,13H,12,24H2,1-3H3,(H,25,26,28). The predicted octanol–water partition coefficient (Wildman–Crippen LogP) is 4.21. The molecule has 8 nitrogen and oxygen atoms in total. The van der Waals surface area contributed by atoms with Gasteiger partial charge >= 0.3 is 0 Å². The van der Waals surface area contributed by atoms with Gasteiger partial charge in [0.15, 0.2) is 0 Å². The monoisotopic (exact) mass is 481 g/mol. The van der Waals surface area contributed by atoms with Gasteiger partial charge in [-0.1, -0.05) is 13.8 Å². The van der Waals surface area contributed by atoms with Gasteiger partial charge in [-0.25, -0.2) is 28.1 Å². The van der Waals surface area contributed by atoms with Crippen molar-refractivity contribution in [3.05, 3.63) is 70.5 Å². The van der Waals surface area contributed by atoms with Crippen LogP contribution < -0.4 is 10.5 Å². The van der Waals surface area contributed by atoms with Crippen LogP contribution in [-0.4, -0.2) is 29.2 Å². The molecule has 0 unspecified atom stereocenters. The van der Waals surface area contributed by atoms with Crippen molar-refractivity contribution in [1.82, 2.24) is 15.0 Å². The minimum Gasteiger partial charge on any atom is -0.397 e. The van der Waals surface area contributed by atoms with Crippen molar-refractivity contribution < 1.29 is 13.2 Å². The van der Waals surface area contributed by atoms with E-state index in [-0.39, 0.29) is 16.6 Å². The van der Waals surface area contributed by atoms with E-state index in [1.54, 1.807) is 13.0 Å². The van der Waals surface area contributed by atoms with Crippen LogP contribution in [0.25, 0.3) is 10.2 Å². The number of hydrogen-bond acceptors (Lipinski definition) is 8. The molecular weight excluding hydrogens is 458 g/mol. The lowest BCUT2D eigenvalue weighted by molar-refractivity contribution is 0.104. The van der Waals surface area contributed by atoms with Crippen molar-refractivity contribution >= 4 is 49.0 Å². The first kappa shape index (κ1) is 22.8. The number of aryl methyl sites for hydroxylation is 1. The van der Waals surface area contributed by atoms with E-state index in [4.69, 9.17) is 5.73 Å².